The number of nitrogens with zero attached hydrogens (tertiary/aromatic N) is 2. The van der Waals surface area contributed by atoms with Crippen molar-refractivity contribution >= 4 is 17.6 Å². The summed E-state index contributed by atoms with van der Waals surface area (Å²) in [5.41, 5.74) is 0.689. The lowest BCUT2D eigenvalue weighted by atomic mass is 10.2. The number of ether oxygens (including phenoxy) is 1. The van der Waals surface area contributed by atoms with E-state index in [1.165, 1.54) is 18.1 Å². The van der Waals surface area contributed by atoms with Gasteiger partial charge in [-0.2, -0.15) is 0 Å². The highest BCUT2D eigenvalue weighted by Gasteiger charge is 2.46. The van der Waals surface area contributed by atoms with Crippen LogP contribution < -0.4 is 5.32 Å². The minimum absolute atomic E-state index is 0.192. The molecule has 0 spiro atoms. The molecule has 0 radical (unpaired) electrons. The number of hydrogen-bond donors (Lipinski definition) is 1. The maximum absolute atomic E-state index is 13.3. The van der Waals surface area contributed by atoms with Gasteiger partial charge in [0.1, 0.15) is 12.6 Å². The Morgan fingerprint density at radius 2 is 2.45 bits per heavy atom. The first kappa shape index (κ1) is 14.9. The average molecular weight is 306 g/mol. The van der Waals surface area contributed by atoms with Crippen LogP contribution in [0.3, 0.4) is 0 Å². The molecule has 20 heavy (non-hydrogen) atoms. The van der Waals surface area contributed by atoms with Crippen molar-refractivity contribution in [2.75, 3.05) is 20.3 Å². The quantitative estimate of drug-likeness (QED) is 0.928. The second-order valence-electron chi connectivity index (χ2n) is 4.60. The van der Waals surface area contributed by atoms with E-state index >= 15 is 0 Å². The summed E-state index contributed by atoms with van der Waals surface area (Å²) in [4.78, 5) is 17.0. The molecule has 8 heteroatoms. The molecule has 2 heterocycles. The van der Waals surface area contributed by atoms with Gasteiger partial charge in [0.15, 0.2) is 0 Å². The van der Waals surface area contributed by atoms with Crippen LogP contribution in [0.5, 0.6) is 0 Å². The molecule has 1 aromatic rings. The molecule has 0 aromatic carbocycles. The van der Waals surface area contributed by atoms with Gasteiger partial charge in [-0.1, -0.05) is 11.6 Å². The van der Waals surface area contributed by atoms with Gasteiger partial charge in [0.25, 0.3) is 5.92 Å². The van der Waals surface area contributed by atoms with E-state index in [-0.39, 0.29) is 13.2 Å². The zero-order chi connectivity index (χ0) is 14.8. The minimum Gasteiger partial charge on any atom is -0.373 e. The molecule has 110 valence electrons. The first-order valence-electron chi connectivity index (χ1n) is 5.96. The van der Waals surface area contributed by atoms with Crippen LogP contribution >= 0.6 is 11.6 Å². The fourth-order valence-electron chi connectivity index (χ4n) is 1.80. The molecule has 1 fully saturated rings. The molecule has 1 aliphatic heterocycles. The molecule has 0 aliphatic carbocycles. The Bertz CT molecular complexity index is 501. The van der Waals surface area contributed by atoms with Crippen LogP contribution in [0.4, 0.5) is 13.6 Å². The number of urea groups is 1. The average Bonchev–Trinajstić information content (AvgIpc) is 2.71. The van der Waals surface area contributed by atoms with E-state index in [1.54, 1.807) is 12.3 Å². The van der Waals surface area contributed by atoms with Gasteiger partial charge in [0, 0.05) is 26.0 Å². The summed E-state index contributed by atoms with van der Waals surface area (Å²) >= 11 is 5.93. The van der Waals surface area contributed by atoms with Crippen LogP contribution in [0, 0.1) is 0 Å². The lowest BCUT2D eigenvalue weighted by Gasteiger charge is -2.23. The first-order chi connectivity index (χ1) is 9.40. The van der Waals surface area contributed by atoms with Crippen molar-refractivity contribution < 1.29 is 18.3 Å². The van der Waals surface area contributed by atoms with Crippen molar-refractivity contribution in [3.63, 3.8) is 0 Å². The van der Waals surface area contributed by atoms with E-state index < -0.39 is 24.6 Å². The highest BCUT2D eigenvalue weighted by atomic mass is 35.5. The fraction of sp³-hybridized carbons (Fsp3) is 0.500. The number of halogens is 3. The molecule has 1 N–H and O–H groups in total. The van der Waals surface area contributed by atoms with E-state index in [2.05, 4.69) is 15.0 Å². The van der Waals surface area contributed by atoms with Crippen LogP contribution in [0.25, 0.3) is 0 Å². The van der Waals surface area contributed by atoms with Crippen LogP contribution in [-0.4, -0.2) is 48.1 Å². The number of carbonyl (C=O) groups is 1. The first-order valence-corrected chi connectivity index (χ1v) is 6.33. The third-order valence-electron chi connectivity index (χ3n) is 3.00. The summed E-state index contributed by atoms with van der Waals surface area (Å²) < 4.78 is 31.3. The van der Waals surface area contributed by atoms with Gasteiger partial charge in [0.05, 0.1) is 11.6 Å². The Morgan fingerprint density at radius 1 is 1.70 bits per heavy atom. The predicted molar refractivity (Wildman–Crippen MR) is 68.8 cm³/mol. The maximum Gasteiger partial charge on any atom is 0.317 e. The van der Waals surface area contributed by atoms with Crippen molar-refractivity contribution in [1.29, 1.82) is 0 Å². The van der Waals surface area contributed by atoms with Crippen LogP contribution in [0.2, 0.25) is 5.02 Å². The number of amides is 2. The van der Waals surface area contributed by atoms with E-state index in [0.29, 0.717) is 10.6 Å². The second-order valence-corrected chi connectivity index (χ2v) is 5.01. The number of aromatic nitrogens is 1. The van der Waals surface area contributed by atoms with Gasteiger partial charge in [-0.3, -0.25) is 4.98 Å². The summed E-state index contributed by atoms with van der Waals surface area (Å²) in [5.74, 6) is -3.04. The van der Waals surface area contributed by atoms with Crippen molar-refractivity contribution in [1.82, 2.24) is 15.2 Å². The molecular formula is C12H14ClF2N3O2. The van der Waals surface area contributed by atoms with Gasteiger partial charge in [-0.25, -0.2) is 13.6 Å². The number of rotatable bonds is 3. The molecule has 1 atom stereocenters. The van der Waals surface area contributed by atoms with E-state index in [0.717, 1.165) is 0 Å². The van der Waals surface area contributed by atoms with E-state index in [4.69, 9.17) is 11.6 Å². The maximum atomic E-state index is 13.3. The third-order valence-corrected chi connectivity index (χ3v) is 3.34. The topological polar surface area (TPSA) is 54.5 Å². The smallest absolute Gasteiger partial charge is 0.317 e. The van der Waals surface area contributed by atoms with Crippen LogP contribution in [0.1, 0.15) is 5.56 Å². The van der Waals surface area contributed by atoms with Crippen LogP contribution in [0.15, 0.2) is 18.5 Å². The largest absolute Gasteiger partial charge is 0.373 e. The third kappa shape index (κ3) is 3.34. The SMILES string of the molecule is CN(Cc1ccncc1Cl)C(=O)NC1COCC1(F)F. The molecule has 0 bridgehead atoms. The molecule has 1 unspecified atom stereocenters. The molecule has 2 rings (SSSR count). The van der Waals surface area contributed by atoms with Crippen molar-refractivity contribution in [3.05, 3.63) is 29.0 Å². The molecule has 1 saturated heterocycles. The Labute approximate surface area is 119 Å². The highest BCUT2D eigenvalue weighted by Crippen LogP contribution is 2.25. The molecule has 0 saturated carbocycles. The monoisotopic (exact) mass is 305 g/mol. The summed E-state index contributed by atoms with van der Waals surface area (Å²) in [5, 5.41) is 2.68. The normalized spacial score (nSPS) is 20.7. The van der Waals surface area contributed by atoms with E-state index in [1.807, 2.05) is 0 Å². The predicted octanol–water partition coefficient (Wildman–Crippen LogP) is 1.91. The summed E-state index contributed by atoms with van der Waals surface area (Å²) in [6, 6.07) is -0.238. The van der Waals surface area contributed by atoms with Crippen LogP contribution in [-0.2, 0) is 11.3 Å². The van der Waals surface area contributed by atoms with Gasteiger partial charge in [-0.15, -0.1) is 0 Å². The number of carbonyl (C=O) groups excluding carboxylic acids is 1. The van der Waals surface area contributed by atoms with Gasteiger partial charge >= 0.3 is 6.03 Å². The Morgan fingerprint density at radius 3 is 3.05 bits per heavy atom. The molecule has 2 amide bonds. The Balaban J connectivity index is 1.94. The Kier molecular flexibility index (Phi) is 4.39. The summed E-state index contributed by atoms with van der Waals surface area (Å²) in [7, 11) is 1.50. The Hall–Kier alpha value is -1.47. The van der Waals surface area contributed by atoms with Gasteiger partial charge < -0.3 is 15.0 Å². The lowest BCUT2D eigenvalue weighted by molar-refractivity contribution is -0.0222. The number of hydrogen-bond acceptors (Lipinski definition) is 3. The van der Waals surface area contributed by atoms with Crippen molar-refractivity contribution in [3.8, 4) is 0 Å². The van der Waals surface area contributed by atoms with E-state index in [9.17, 15) is 13.6 Å². The summed E-state index contributed by atoms with van der Waals surface area (Å²) in [6.07, 6.45) is 3.01. The second kappa shape index (κ2) is 5.88. The molecule has 5 nitrogen and oxygen atoms in total. The number of alkyl halides is 2. The standard InChI is InChI=1S/C12H14ClF2N3O2/c1-18(5-8-2-3-16-4-9(8)13)11(19)17-10-6-20-7-12(10,14)15/h2-4,10H,5-7H2,1H3,(H,17,19). The highest BCUT2D eigenvalue weighted by molar-refractivity contribution is 6.31. The van der Waals surface area contributed by atoms with Gasteiger partial charge in [0.2, 0.25) is 0 Å². The molecule has 1 aromatic heterocycles. The van der Waals surface area contributed by atoms with Crippen molar-refractivity contribution in [2.45, 2.75) is 18.5 Å². The molecule has 1 aliphatic rings. The number of pyridine rings is 1. The minimum atomic E-state index is -3.04. The zero-order valence-corrected chi connectivity index (χ0v) is 11.5. The fourth-order valence-corrected chi connectivity index (χ4v) is 1.98. The van der Waals surface area contributed by atoms with Gasteiger partial charge in [-0.05, 0) is 11.6 Å². The summed E-state index contributed by atoms with van der Waals surface area (Å²) in [6.45, 7) is -0.660. The lowest BCUT2D eigenvalue weighted by Crippen LogP contribution is -2.50. The zero-order valence-electron chi connectivity index (χ0n) is 10.8. The number of nitrogens with one attached hydrogen (secondary N) is 1. The van der Waals surface area contributed by atoms with Crippen molar-refractivity contribution in [2.24, 2.45) is 0 Å². The molecular weight excluding hydrogens is 292 g/mol.